The van der Waals surface area contributed by atoms with Gasteiger partial charge in [0.1, 0.15) is 11.9 Å². The van der Waals surface area contributed by atoms with Crippen LogP contribution in [0.4, 0.5) is 15.8 Å². The van der Waals surface area contributed by atoms with E-state index in [0.717, 1.165) is 16.6 Å². The first-order chi connectivity index (χ1) is 11.3. The fraction of sp³-hybridized carbons (Fsp3) is 0.250. The Hall–Kier alpha value is -2.48. The summed E-state index contributed by atoms with van der Waals surface area (Å²) in [7, 11) is -3.87. The lowest BCUT2D eigenvalue weighted by Gasteiger charge is -2.30. The summed E-state index contributed by atoms with van der Waals surface area (Å²) in [6.45, 7) is 1.66. The molecule has 0 bridgehead atoms. The number of benzene rings is 1. The quantitative estimate of drug-likeness (QED) is 0.867. The zero-order valence-corrected chi connectivity index (χ0v) is 14.1. The zero-order valence-electron chi connectivity index (χ0n) is 13.3. The Labute approximate surface area is 140 Å². The van der Waals surface area contributed by atoms with Crippen LogP contribution in [0.1, 0.15) is 13.3 Å². The molecule has 6 nitrogen and oxygen atoms in total. The predicted octanol–water partition coefficient (Wildman–Crippen LogP) is 2.40. The number of anilines is 2. The predicted molar refractivity (Wildman–Crippen MR) is 90.7 cm³/mol. The summed E-state index contributed by atoms with van der Waals surface area (Å²) >= 11 is 0. The Bertz CT molecular complexity index is 812. The number of nitrogens with one attached hydrogen (secondary N) is 1. The largest absolute Gasteiger partial charge is 0.323 e. The number of carbonyl (C=O) groups is 1. The summed E-state index contributed by atoms with van der Waals surface area (Å²) in [5.41, 5.74) is 0.274. The molecule has 128 valence electrons. The van der Waals surface area contributed by atoms with Crippen molar-refractivity contribution in [2.45, 2.75) is 19.4 Å². The summed E-state index contributed by atoms with van der Waals surface area (Å²) in [4.78, 5) is 16.4. The monoisotopic (exact) mass is 351 g/mol. The highest BCUT2D eigenvalue weighted by Gasteiger charge is 2.33. The summed E-state index contributed by atoms with van der Waals surface area (Å²) in [6, 6.07) is 7.64. The van der Waals surface area contributed by atoms with E-state index < -0.39 is 27.8 Å². The molecule has 1 aromatic heterocycles. The van der Waals surface area contributed by atoms with Crippen LogP contribution in [-0.4, -0.2) is 31.6 Å². The van der Waals surface area contributed by atoms with Gasteiger partial charge in [-0.05, 0) is 30.7 Å². The number of amides is 1. The smallest absolute Gasteiger partial charge is 0.248 e. The standard InChI is InChI=1S/C16H18FN3O3S/c1-3-14(16(21)19-12-7-6-10-18-11-12)20(24(2,22)23)15-9-5-4-8-13(15)17/h4-11,14H,3H2,1-2H3,(H,19,21). The zero-order chi connectivity index (χ0) is 17.7. The highest BCUT2D eigenvalue weighted by molar-refractivity contribution is 7.92. The summed E-state index contributed by atoms with van der Waals surface area (Å²) in [5, 5.41) is 2.60. The van der Waals surface area contributed by atoms with Gasteiger partial charge in [-0.2, -0.15) is 0 Å². The van der Waals surface area contributed by atoms with Crippen molar-refractivity contribution in [3.05, 3.63) is 54.6 Å². The average molecular weight is 351 g/mol. The molecule has 0 aliphatic heterocycles. The van der Waals surface area contributed by atoms with Gasteiger partial charge in [0.2, 0.25) is 15.9 Å². The molecule has 1 aromatic carbocycles. The van der Waals surface area contributed by atoms with E-state index in [2.05, 4.69) is 10.3 Å². The second kappa shape index (κ2) is 7.39. The van der Waals surface area contributed by atoms with Crippen LogP contribution in [0.15, 0.2) is 48.8 Å². The van der Waals surface area contributed by atoms with E-state index in [1.54, 1.807) is 25.3 Å². The van der Waals surface area contributed by atoms with Gasteiger partial charge in [0.15, 0.2) is 0 Å². The fourth-order valence-corrected chi connectivity index (χ4v) is 3.54. The van der Waals surface area contributed by atoms with E-state index >= 15 is 0 Å². The Balaban J connectivity index is 2.40. The maximum Gasteiger partial charge on any atom is 0.248 e. The van der Waals surface area contributed by atoms with Gasteiger partial charge in [-0.1, -0.05) is 19.1 Å². The van der Waals surface area contributed by atoms with Crippen molar-refractivity contribution < 1.29 is 17.6 Å². The highest BCUT2D eigenvalue weighted by atomic mass is 32.2. The molecule has 1 unspecified atom stereocenters. The van der Waals surface area contributed by atoms with Crippen molar-refractivity contribution in [1.82, 2.24) is 4.98 Å². The molecule has 0 radical (unpaired) electrons. The summed E-state index contributed by atoms with van der Waals surface area (Å²) in [6.07, 6.45) is 4.11. The Kier molecular flexibility index (Phi) is 5.50. The van der Waals surface area contributed by atoms with Crippen LogP contribution in [0, 0.1) is 5.82 Å². The average Bonchev–Trinajstić information content (AvgIpc) is 2.53. The van der Waals surface area contributed by atoms with Gasteiger partial charge in [0, 0.05) is 6.20 Å². The van der Waals surface area contributed by atoms with Crippen LogP contribution >= 0.6 is 0 Å². The minimum Gasteiger partial charge on any atom is -0.323 e. The minimum absolute atomic E-state index is 0.159. The Morgan fingerprint density at radius 3 is 2.54 bits per heavy atom. The van der Waals surface area contributed by atoms with Crippen LogP contribution in [0.3, 0.4) is 0 Å². The van der Waals surface area contributed by atoms with Crippen LogP contribution in [-0.2, 0) is 14.8 Å². The van der Waals surface area contributed by atoms with E-state index in [1.165, 1.54) is 24.4 Å². The van der Waals surface area contributed by atoms with E-state index in [9.17, 15) is 17.6 Å². The van der Waals surface area contributed by atoms with Crippen LogP contribution in [0.2, 0.25) is 0 Å². The van der Waals surface area contributed by atoms with Crippen LogP contribution in [0.25, 0.3) is 0 Å². The number of sulfonamides is 1. The lowest BCUT2D eigenvalue weighted by Crippen LogP contribution is -2.47. The number of aromatic nitrogens is 1. The molecule has 1 N–H and O–H groups in total. The molecule has 2 aromatic rings. The van der Waals surface area contributed by atoms with Crippen LogP contribution in [0.5, 0.6) is 0 Å². The van der Waals surface area contributed by atoms with Crippen LogP contribution < -0.4 is 9.62 Å². The Morgan fingerprint density at radius 1 is 1.29 bits per heavy atom. The van der Waals surface area contributed by atoms with Crippen molar-refractivity contribution in [2.75, 3.05) is 15.9 Å². The van der Waals surface area contributed by atoms with Gasteiger partial charge in [-0.15, -0.1) is 0 Å². The number of pyridine rings is 1. The molecule has 0 fully saturated rings. The molecule has 24 heavy (non-hydrogen) atoms. The highest BCUT2D eigenvalue weighted by Crippen LogP contribution is 2.25. The molecule has 1 heterocycles. The van der Waals surface area contributed by atoms with Gasteiger partial charge in [-0.25, -0.2) is 12.8 Å². The second-order valence-electron chi connectivity index (χ2n) is 5.17. The molecule has 2 rings (SSSR count). The van der Waals surface area contributed by atoms with Gasteiger partial charge in [-0.3, -0.25) is 14.1 Å². The van der Waals surface area contributed by atoms with E-state index in [4.69, 9.17) is 0 Å². The topological polar surface area (TPSA) is 79.4 Å². The maximum absolute atomic E-state index is 14.1. The number of rotatable bonds is 6. The molecule has 0 saturated heterocycles. The maximum atomic E-state index is 14.1. The minimum atomic E-state index is -3.87. The number of para-hydroxylation sites is 1. The number of hydrogen-bond donors (Lipinski definition) is 1. The van der Waals surface area contributed by atoms with E-state index in [0.29, 0.717) is 5.69 Å². The Morgan fingerprint density at radius 2 is 2.00 bits per heavy atom. The van der Waals surface area contributed by atoms with Gasteiger partial charge in [0.25, 0.3) is 0 Å². The third kappa shape index (κ3) is 4.08. The molecule has 0 aliphatic rings. The lowest BCUT2D eigenvalue weighted by molar-refractivity contribution is -0.117. The van der Waals surface area contributed by atoms with Gasteiger partial charge < -0.3 is 5.32 Å². The molecule has 0 spiro atoms. The van der Waals surface area contributed by atoms with E-state index in [1.807, 2.05) is 0 Å². The molecular formula is C16H18FN3O3S. The number of halogens is 1. The van der Waals surface area contributed by atoms with Gasteiger partial charge in [0.05, 0.1) is 23.8 Å². The van der Waals surface area contributed by atoms with Gasteiger partial charge >= 0.3 is 0 Å². The number of carbonyl (C=O) groups excluding carboxylic acids is 1. The van der Waals surface area contributed by atoms with Crippen molar-refractivity contribution in [2.24, 2.45) is 0 Å². The third-order valence-corrected chi connectivity index (χ3v) is 4.51. The number of nitrogens with zero attached hydrogens (tertiary/aromatic N) is 2. The van der Waals surface area contributed by atoms with Crippen molar-refractivity contribution in [3.63, 3.8) is 0 Å². The van der Waals surface area contributed by atoms with E-state index in [-0.39, 0.29) is 12.1 Å². The lowest BCUT2D eigenvalue weighted by atomic mass is 10.2. The third-order valence-electron chi connectivity index (χ3n) is 3.35. The molecule has 0 saturated carbocycles. The van der Waals surface area contributed by atoms with Crippen molar-refractivity contribution in [1.29, 1.82) is 0 Å². The first-order valence-corrected chi connectivity index (χ1v) is 9.14. The van der Waals surface area contributed by atoms with Crippen molar-refractivity contribution in [3.8, 4) is 0 Å². The molecule has 1 atom stereocenters. The number of hydrogen-bond acceptors (Lipinski definition) is 4. The molecule has 0 aliphatic carbocycles. The summed E-state index contributed by atoms with van der Waals surface area (Å²) in [5.74, 6) is -1.27. The second-order valence-corrected chi connectivity index (χ2v) is 7.02. The molecule has 1 amide bonds. The fourth-order valence-electron chi connectivity index (χ4n) is 2.33. The molecule has 8 heteroatoms. The SMILES string of the molecule is CCC(C(=O)Nc1cccnc1)N(c1ccccc1F)S(C)(=O)=O. The first-order valence-electron chi connectivity index (χ1n) is 7.29. The summed E-state index contributed by atoms with van der Waals surface area (Å²) < 4.78 is 39.3. The first kappa shape index (κ1) is 17.9. The molecular weight excluding hydrogens is 333 g/mol. The van der Waals surface area contributed by atoms with Crippen molar-refractivity contribution >= 4 is 27.3 Å². The normalized spacial score (nSPS) is 12.5.